The van der Waals surface area contributed by atoms with Crippen LogP contribution in [0.2, 0.25) is 0 Å². The Labute approximate surface area is 181 Å². The molecule has 31 heavy (non-hydrogen) atoms. The number of rotatable bonds is 6. The molecule has 4 rings (SSSR count). The molecule has 4 aromatic rings. The second-order valence-electron chi connectivity index (χ2n) is 7.72. The van der Waals surface area contributed by atoms with E-state index in [0.717, 1.165) is 22.3 Å². The van der Waals surface area contributed by atoms with E-state index in [4.69, 9.17) is 9.15 Å². The number of hydrogen-bond donors (Lipinski definition) is 1. The fourth-order valence-electron chi connectivity index (χ4n) is 3.93. The van der Waals surface area contributed by atoms with Crippen LogP contribution in [0.1, 0.15) is 16.7 Å². The van der Waals surface area contributed by atoms with Crippen molar-refractivity contribution in [2.75, 3.05) is 14.2 Å². The predicted octanol–water partition coefficient (Wildman–Crippen LogP) is 5.11. The second-order valence-corrected chi connectivity index (χ2v) is 7.72. The van der Waals surface area contributed by atoms with Crippen molar-refractivity contribution >= 4 is 11.0 Å². The lowest BCUT2D eigenvalue weighted by atomic mass is 9.97. The quantitative estimate of drug-likeness (QED) is 0.443. The first kappa shape index (κ1) is 20.7. The van der Waals surface area contributed by atoms with Crippen LogP contribution in [-0.4, -0.2) is 24.2 Å². The summed E-state index contributed by atoms with van der Waals surface area (Å²) in [5, 5.41) is 11.4. The number of phenols is 1. The van der Waals surface area contributed by atoms with Gasteiger partial charge in [0.05, 0.1) is 18.2 Å². The van der Waals surface area contributed by atoms with Gasteiger partial charge < -0.3 is 14.3 Å². The summed E-state index contributed by atoms with van der Waals surface area (Å²) in [6.45, 7) is 3.07. The first-order valence-corrected chi connectivity index (χ1v) is 10.1. The number of fused-ring (bicyclic) bond motifs is 1. The topological polar surface area (TPSA) is 62.9 Å². The molecule has 158 valence electrons. The van der Waals surface area contributed by atoms with Crippen molar-refractivity contribution in [1.29, 1.82) is 0 Å². The summed E-state index contributed by atoms with van der Waals surface area (Å²) >= 11 is 0. The summed E-state index contributed by atoms with van der Waals surface area (Å²) in [6.07, 6.45) is 0. The molecular formula is C26H25NO4. The fraction of sp³-hybridized carbons (Fsp3) is 0.192. The zero-order valence-electron chi connectivity index (χ0n) is 17.9. The van der Waals surface area contributed by atoms with Crippen LogP contribution in [0.25, 0.3) is 22.1 Å². The minimum absolute atomic E-state index is 0.118. The smallest absolute Gasteiger partial charge is 0.344 e. The van der Waals surface area contributed by atoms with Crippen LogP contribution in [-0.2, 0) is 13.1 Å². The molecule has 0 amide bonds. The summed E-state index contributed by atoms with van der Waals surface area (Å²) < 4.78 is 11.0. The van der Waals surface area contributed by atoms with Gasteiger partial charge in [0, 0.05) is 18.5 Å². The number of aromatic hydroxyl groups is 1. The molecule has 0 aliphatic rings. The molecule has 0 aliphatic carbocycles. The van der Waals surface area contributed by atoms with Gasteiger partial charge in [-0.05, 0) is 54.9 Å². The molecule has 5 nitrogen and oxygen atoms in total. The Morgan fingerprint density at radius 2 is 1.68 bits per heavy atom. The highest BCUT2D eigenvalue weighted by Gasteiger charge is 2.19. The molecule has 3 aromatic carbocycles. The van der Waals surface area contributed by atoms with E-state index in [1.54, 1.807) is 19.2 Å². The summed E-state index contributed by atoms with van der Waals surface area (Å²) in [7, 11) is 3.58. The molecule has 0 fully saturated rings. The van der Waals surface area contributed by atoms with Gasteiger partial charge in [-0.1, -0.05) is 42.5 Å². The van der Waals surface area contributed by atoms with Crippen LogP contribution >= 0.6 is 0 Å². The number of benzene rings is 3. The first-order valence-electron chi connectivity index (χ1n) is 10.1. The Balaban J connectivity index is 1.75. The van der Waals surface area contributed by atoms with E-state index in [2.05, 4.69) is 17.0 Å². The van der Waals surface area contributed by atoms with Gasteiger partial charge in [0.15, 0.2) is 0 Å². The molecule has 0 atom stereocenters. The maximum absolute atomic E-state index is 13.0. The Bertz CT molecular complexity index is 1260. The van der Waals surface area contributed by atoms with Crippen molar-refractivity contribution in [1.82, 2.24) is 4.90 Å². The van der Waals surface area contributed by atoms with Gasteiger partial charge >= 0.3 is 5.63 Å². The van der Waals surface area contributed by atoms with E-state index >= 15 is 0 Å². The van der Waals surface area contributed by atoms with Crippen LogP contribution in [0, 0.1) is 6.92 Å². The molecule has 1 aromatic heterocycles. The standard InChI is InChI=1S/C26H25NO4/c1-17-21-13-14-23(28)22(16-27(2)15-18-7-5-4-6-8-18)25(21)31-26(29)24(17)19-9-11-20(30-3)12-10-19/h4-14,28H,15-16H2,1-3H3. The molecule has 1 N–H and O–H groups in total. The Morgan fingerprint density at radius 1 is 0.968 bits per heavy atom. The second kappa shape index (κ2) is 8.66. The van der Waals surface area contributed by atoms with Crippen molar-refractivity contribution in [2.45, 2.75) is 20.0 Å². The number of nitrogens with zero attached hydrogens (tertiary/aromatic N) is 1. The number of methoxy groups -OCH3 is 1. The highest BCUT2D eigenvalue weighted by atomic mass is 16.5. The first-order chi connectivity index (χ1) is 15.0. The summed E-state index contributed by atoms with van der Waals surface area (Å²) in [6, 6.07) is 20.9. The third-order valence-electron chi connectivity index (χ3n) is 5.52. The maximum Gasteiger partial charge on any atom is 0.344 e. The summed E-state index contributed by atoms with van der Waals surface area (Å²) in [5.41, 5.74) is 3.89. The molecule has 1 heterocycles. The summed E-state index contributed by atoms with van der Waals surface area (Å²) in [4.78, 5) is 15.0. The van der Waals surface area contributed by atoms with Crippen molar-refractivity contribution in [2.24, 2.45) is 0 Å². The van der Waals surface area contributed by atoms with E-state index in [9.17, 15) is 9.90 Å². The minimum Gasteiger partial charge on any atom is -0.507 e. The van der Waals surface area contributed by atoms with Gasteiger partial charge in [0.2, 0.25) is 0 Å². The van der Waals surface area contributed by atoms with Crippen molar-refractivity contribution in [3.63, 3.8) is 0 Å². The number of ether oxygens (including phenoxy) is 1. The Kier molecular flexibility index (Phi) is 5.78. The predicted molar refractivity (Wildman–Crippen MR) is 122 cm³/mol. The number of aryl methyl sites for hydroxylation is 1. The lowest BCUT2D eigenvalue weighted by molar-refractivity contribution is 0.312. The largest absolute Gasteiger partial charge is 0.507 e. The van der Waals surface area contributed by atoms with Crippen molar-refractivity contribution in [3.8, 4) is 22.6 Å². The van der Waals surface area contributed by atoms with Gasteiger partial charge in [-0.2, -0.15) is 0 Å². The van der Waals surface area contributed by atoms with E-state index in [0.29, 0.717) is 29.8 Å². The van der Waals surface area contributed by atoms with E-state index in [1.807, 2.05) is 56.4 Å². The number of phenolic OH excluding ortho intramolecular Hbond substituents is 1. The molecule has 5 heteroatoms. The van der Waals surface area contributed by atoms with Crippen LogP contribution in [0.15, 0.2) is 75.9 Å². The van der Waals surface area contributed by atoms with Crippen molar-refractivity contribution in [3.05, 3.63) is 93.8 Å². The molecule has 0 bridgehead atoms. The van der Waals surface area contributed by atoms with Crippen LogP contribution < -0.4 is 10.4 Å². The highest BCUT2D eigenvalue weighted by Crippen LogP contribution is 2.33. The Morgan fingerprint density at radius 3 is 2.35 bits per heavy atom. The van der Waals surface area contributed by atoms with E-state index in [-0.39, 0.29) is 5.75 Å². The lowest BCUT2D eigenvalue weighted by Gasteiger charge is -2.19. The monoisotopic (exact) mass is 415 g/mol. The van der Waals surface area contributed by atoms with Crippen molar-refractivity contribution < 1.29 is 14.3 Å². The molecule has 0 unspecified atom stereocenters. The number of hydrogen-bond acceptors (Lipinski definition) is 5. The van der Waals surface area contributed by atoms with E-state index in [1.165, 1.54) is 5.56 Å². The van der Waals surface area contributed by atoms with Gasteiger partial charge in [-0.25, -0.2) is 4.79 Å². The molecule has 0 radical (unpaired) electrons. The SMILES string of the molecule is COc1ccc(-c2c(C)c3ccc(O)c(CN(C)Cc4ccccc4)c3oc2=O)cc1. The normalized spacial score (nSPS) is 11.2. The molecule has 0 spiro atoms. The average molecular weight is 415 g/mol. The zero-order chi connectivity index (χ0) is 22.0. The molecule has 0 aliphatic heterocycles. The molecule has 0 saturated heterocycles. The van der Waals surface area contributed by atoms with Gasteiger partial charge in [-0.15, -0.1) is 0 Å². The zero-order valence-corrected chi connectivity index (χ0v) is 17.9. The van der Waals surface area contributed by atoms with Crippen LogP contribution in [0.4, 0.5) is 0 Å². The third-order valence-corrected chi connectivity index (χ3v) is 5.52. The lowest BCUT2D eigenvalue weighted by Crippen LogP contribution is -2.18. The highest BCUT2D eigenvalue weighted by molar-refractivity contribution is 5.89. The van der Waals surface area contributed by atoms with Gasteiger partial charge in [0.25, 0.3) is 0 Å². The molecular weight excluding hydrogens is 390 g/mol. The fourth-order valence-corrected chi connectivity index (χ4v) is 3.93. The maximum atomic E-state index is 13.0. The summed E-state index contributed by atoms with van der Waals surface area (Å²) in [5.74, 6) is 0.840. The average Bonchev–Trinajstić information content (AvgIpc) is 2.77. The van der Waals surface area contributed by atoms with Crippen LogP contribution in [0.3, 0.4) is 0 Å². The molecule has 0 saturated carbocycles. The Hall–Kier alpha value is -3.57. The third kappa shape index (κ3) is 4.18. The van der Waals surface area contributed by atoms with Crippen LogP contribution in [0.5, 0.6) is 11.5 Å². The van der Waals surface area contributed by atoms with Gasteiger partial charge in [-0.3, -0.25) is 4.90 Å². The minimum atomic E-state index is -0.423. The van der Waals surface area contributed by atoms with Gasteiger partial charge in [0.1, 0.15) is 17.1 Å². The van der Waals surface area contributed by atoms with E-state index < -0.39 is 5.63 Å².